The topological polar surface area (TPSA) is 72.2 Å². The molecule has 0 fully saturated rings. The van der Waals surface area contributed by atoms with E-state index in [9.17, 15) is 9.59 Å². The number of hydrogen-bond donors (Lipinski definition) is 1. The Hall–Kier alpha value is -2.43. The molecule has 1 amide bonds. The van der Waals surface area contributed by atoms with Gasteiger partial charge in [0.15, 0.2) is 0 Å². The van der Waals surface area contributed by atoms with Crippen LogP contribution in [-0.2, 0) is 0 Å². The van der Waals surface area contributed by atoms with Crippen molar-refractivity contribution in [2.24, 2.45) is 0 Å². The summed E-state index contributed by atoms with van der Waals surface area (Å²) in [6.07, 6.45) is 3.51. The molecule has 0 aliphatic carbocycles. The number of carbonyl (C=O) groups is 1. The third-order valence-electron chi connectivity index (χ3n) is 3.51. The molecule has 5 nitrogen and oxygen atoms in total. The van der Waals surface area contributed by atoms with Crippen LogP contribution < -0.4 is 10.9 Å². The second-order valence-electron chi connectivity index (χ2n) is 5.35. The molecule has 0 saturated heterocycles. The van der Waals surface area contributed by atoms with E-state index in [1.807, 2.05) is 6.92 Å². The number of anilines is 1. The lowest BCUT2D eigenvalue weighted by atomic mass is 10.0. The molecule has 1 atom stereocenters. The fraction of sp³-hybridized carbons (Fsp3) is 0.353. The Morgan fingerprint density at radius 3 is 2.77 bits per heavy atom. The highest BCUT2D eigenvalue weighted by atomic mass is 16.4. The molecule has 0 saturated carbocycles. The van der Waals surface area contributed by atoms with Gasteiger partial charge < -0.3 is 9.73 Å². The Bertz CT molecular complexity index is 708. The van der Waals surface area contributed by atoms with Crippen LogP contribution in [0.2, 0.25) is 0 Å². The summed E-state index contributed by atoms with van der Waals surface area (Å²) in [7, 11) is 0. The Morgan fingerprint density at radius 1 is 1.41 bits per heavy atom. The Kier molecular flexibility index (Phi) is 5.09. The van der Waals surface area contributed by atoms with Gasteiger partial charge in [-0.05, 0) is 37.1 Å². The van der Waals surface area contributed by atoms with Gasteiger partial charge in [-0.2, -0.15) is 0 Å². The van der Waals surface area contributed by atoms with Gasteiger partial charge >= 0.3 is 5.63 Å². The summed E-state index contributed by atoms with van der Waals surface area (Å²) in [5.41, 5.74) is 0.0344. The van der Waals surface area contributed by atoms with Gasteiger partial charge in [0, 0.05) is 12.1 Å². The van der Waals surface area contributed by atoms with Crippen molar-refractivity contribution in [3.05, 3.63) is 57.8 Å². The van der Waals surface area contributed by atoms with E-state index >= 15 is 0 Å². The molecule has 0 aliphatic rings. The van der Waals surface area contributed by atoms with Crippen molar-refractivity contribution in [1.82, 2.24) is 4.98 Å². The van der Waals surface area contributed by atoms with Crippen LogP contribution >= 0.6 is 0 Å². The first-order valence-corrected chi connectivity index (χ1v) is 7.40. The molecule has 0 aliphatic heterocycles. The first-order chi connectivity index (χ1) is 10.5. The molecule has 2 rings (SSSR count). The molecule has 0 aromatic carbocycles. The maximum absolute atomic E-state index is 12.3. The number of nitrogens with zero attached hydrogens (tertiary/aromatic N) is 1. The molecular weight excluding hydrogens is 280 g/mol. The van der Waals surface area contributed by atoms with Crippen LogP contribution in [0.15, 0.2) is 39.7 Å². The summed E-state index contributed by atoms with van der Waals surface area (Å²) in [5.74, 6) is 0.678. The predicted molar refractivity (Wildman–Crippen MR) is 85.2 cm³/mol. The average Bonchev–Trinajstić information content (AvgIpc) is 2.47. The van der Waals surface area contributed by atoms with Gasteiger partial charge in [0.2, 0.25) is 0 Å². The Labute approximate surface area is 129 Å². The Balaban J connectivity index is 2.28. The number of amides is 1. The molecule has 1 unspecified atom stereocenters. The monoisotopic (exact) mass is 300 g/mol. The lowest BCUT2D eigenvalue weighted by Crippen LogP contribution is -2.23. The van der Waals surface area contributed by atoms with E-state index in [-0.39, 0.29) is 11.5 Å². The fourth-order valence-electron chi connectivity index (χ4n) is 2.34. The molecule has 0 spiro atoms. The zero-order valence-corrected chi connectivity index (χ0v) is 13.1. The molecule has 5 heteroatoms. The highest BCUT2D eigenvalue weighted by Gasteiger charge is 2.19. The number of aromatic nitrogens is 1. The number of hydrogen-bond acceptors (Lipinski definition) is 4. The summed E-state index contributed by atoms with van der Waals surface area (Å²) in [4.78, 5) is 28.4. The van der Waals surface area contributed by atoms with Gasteiger partial charge in [0.1, 0.15) is 17.1 Å². The van der Waals surface area contributed by atoms with Gasteiger partial charge in [0.25, 0.3) is 5.91 Å². The maximum atomic E-state index is 12.3. The van der Waals surface area contributed by atoms with Gasteiger partial charge in [-0.15, -0.1) is 0 Å². The average molecular weight is 300 g/mol. The maximum Gasteiger partial charge on any atom is 0.349 e. The van der Waals surface area contributed by atoms with E-state index in [0.29, 0.717) is 17.1 Å². The highest BCUT2D eigenvalue weighted by molar-refractivity contribution is 6.04. The van der Waals surface area contributed by atoms with Crippen LogP contribution in [0.25, 0.3) is 0 Å². The number of pyridine rings is 1. The second kappa shape index (κ2) is 7.02. The van der Waals surface area contributed by atoms with Gasteiger partial charge in [-0.1, -0.05) is 26.3 Å². The largest absolute Gasteiger partial charge is 0.427 e. The van der Waals surface area contributed by atoms with E-state index in [1.54, 1.807) is 37.4 Å². The van der Waals surface area contributed by atoms with E-state index < -0.39 is 11.5 Å². The normalized spacial score (nSPS) is 12.0. The molecule has 22 heavy (non-hydrogen) atoms. The second-order valence-corrected chi connectivity index (χ2v) is 5.35. The van der Waals surface area contributed by atoms with E-state index in [2.05, 4.69) is 17.2 Å². The molecular formula is C17H20N2O3. The number of aryl methyl sites for hydroxylation is 1. The van der Waals surface area contributed by atoms with Crippen LogP contribution in [-0.4, -0.2) is 10.9 Å². The van der Waals surface area contributed by atoms with Gasteiger partial charge in [-0.3, -0.25) is 4.79 Å². The SMILES string of the molecule is CCCC(C)c1cc(C)c(C(=O)Nc2ccccn2)c(=O)o1. The van der Waals surface area contributed by atoms with Crippen LogP contribution in [0.3, 0.4) is 0 Å². The van der Waals surface area contributed by atoms with Crippen molar-refractivity contribution >= 4 is 11.7 Å². The minimum Gasteiger partial charge on any atom is -0.427 e. The van der Waals surface area contributed by atoms with Crippen molar-refractivity contribution in [3.8, 4) is 0 Å². The summed E-state index contributed by atoms with van der Waals surface area (Å²) >= 11 is 0. The van der Waals surface area contributed by atoms with Crippen LogP contribution in [0.1, 0.15) is 54.3 Å². The fourth-order valence-corrected chi connectivity index (χ4v) is 2.34. The van der Waals surface area contributed by atoms with Crippen molar-refractivity contribution < 1.29 is 9.21 Å². The number of nitrogens with one attached hydrogen (secondary N) is 1. The molecule has 2 aromatic rings. The third kappa shape index (κ3) is 3.61. The summed E-state index contributed by atoms with van der Waals surface area (Å²) < 4.78 is 5.33. The van der Waals surface area contributed by atoms with Crippen LogP contribution in [0, 0.1) is 6.92 Å². The predicted octanol–water partition coefficient (Wildman–Crippen LogP) is 3.50. The van der Waals surface area contributed by atoms with Crippen molar-refractivity contribution in [1.29, 1.82) is 0 Å². The minimum absolute atomic E-state index is 0.0260. The summed E-state index contributed by atoms with van der Waals surface area (Å²) in [6.45, 7) is 5.83. The van der Waals surface area contributed by atoms with Gasteiger partial charge in [0.05, 0.1) is 0 Å². The molecule has 0 radical (unpaired) electrons. The molecule has 0 bridgehead atoms. The zero-order valence-electron chi connectivity index (χ0n) is 13.1. The first kappa shape index (κ1) is 15.9. The van der Waals surface area contributed by atoms with Crippen LogP contribution in [0.4, 0.5) is 5.82 Å². The van der Waals surface area contributed by atoms with Crippen LogP contribution in [0.5, 0.6) is 0 Å². The molecule has 2 aromatic heterocycles. The lowest BCUT2D eigenvalue weighted by molar-refractivity contribution is 0.102. The summed E-state index contributed by atoms with van der Waals surface area (Å²) in [6, 6.07) is 6.94. The van der Waals surface area contributed by atoms with E-state index in [1.165, 1.54) is 0 Å². The zero-order chi connectivity index (χ0) is 16.1. The number of carbonyl (C=O) groups excluding carboxylic acids is 1. The lowest BCUT2D eigenvalue weighted by Gasteiger charge is -2.11. The number of rotatable bonds is 5. The highest BCUT2D eigenvalue weighted by Crippen LogP contribution is 2.21. The third-order valence-corrected chi connectivity index (χ3v) is 3.51. The van der Waals surface area contributed by atoms with E-state index in [4.69, 9.17) is 4.42 Å². The Morgan fingerprint density at radius 2 is 2.18 bits per heavy atom. The molecule has 2 heterocycles. The van der Waals surface area contributed by atoms with Gasteiger partial charge in [-0.25, -0.2) is 9.78 Å². The summed E-state index contributed by atoms with van der Waals surface area (Å²) in [5, 5.41) is 2.60. The standard InChI is InChI=1S/C17H20N2O3/c1-4-7-11(2)13-10-12(3)15(17(21)22-13)16(20)19-14-8-5-6-9-18-14/h5-6,8-11H,4,7H2,1-3H3,(H,18,19,20). The molecule has 116 valence electrons. The first-order valence-electron chi connectivity index (χ1n) is 7.40. The molecule has 1 N–H and O–H groups in total. The van der Waals surface area contributed by atoms with Crippen molar-refractivity contribution in [2.75, 3.05) is 5.32 Å². The quantitative estimate of drug-likeness (QED) is 0.917. The minimum atomic E-state index is -0.605. The van der Waals surface area contributed by atoms with Crippen molar-refractivity contribution in [3.63, 3.8) is 0 Å². The smallest absolute Gasteiger partial charge is 0.349 e. The van der Waals surface area contributed by atoms with E-state index in [0.717, 1.165) is 12.8 Å². The van der Waals surface area contributed by atoms with Crippen molar-refractivity contribution in [2.45, 2.75) is 39.5 Å².